The number of morpholine rings is 1. The molecule has 1 saturated heterocycles. The molecule has 0 unspecified atom stereocenters. The minimum Gasteiger partial charge on any atom is -0.444 e. The number of nitrogens with zero attached hydrogens (tertiary/aromatic N) is 2. The van der Waals surface area contributed by atoms with Crippen molar-refractivity contribution in [3.8, 4) is 0 Å². The molecule has 2 heterocycles. The molecule has 0 radical (unpaired) electrons. The van der Waals surface area contributed by atoms with Crippen LogP contribution in [0.2, 0.25) is 0 Å². The normalized spacial score (nSPS) is 15.5. The lowest BCUT2D eigenvalue weighted by Gasteiger charge is -2.25. The molecule has 0 bridgehead atoms. The van der Waals surface area contributed by atoms with E-state index in [1.807, 2.05) is 32.9 Å². The molecule has 0 aliphatic carbocycles. The molecule has 7 heteroatoms. The first-order valence-electron chi connectivity index (χ1n) is 8.10. The number of carbonyl (C=O) groups excluding carboxylic acids is 1. The van der Waals surface area contributed by atoms with E-state index < -0.39 is 11.7 Å². The number of thiazole rings is 1. The number of anilines is 1. The number of hydrogen-bond acceptors (Lipinski definition) is 6. The van der Waals surface area contributed by atoms with Crippen molar-refractivity contribution in [1.29, 1.82) is 0 Å². The Hall–Kier alpha value is -1.86. The molecule has 2 aromatic rings. The molecule has 6 nitrogen and oxygen atoms in total. The van der Waals surface area contributed by atoms with E-state index in [0.29, 0.717) is 6.54 Å². The molecule has 0 atom stereocenters. The fourth-order valence-corrected chi connectivity index (χ4v) is 3.45. The van der Waals surface area contributed by atoms with Crippen LogP contribution in [-0.2, 0) is 16.0 Å². The van der Waals surface area contributed by atoms with Crippen LogP contribution in [0.3, 0.4) is 0 Å². The molecule has 1 aromatic heterocycles. The smallest absolute Gasteiger partial charge is 0.407 e. The van der Waals surface area contributed by atoms with Crippen molar-refractivity contribution in [3.05, 3.63) is 23.8 Å². The lowest BCUT2D eigenvalue weighted by atomic mass is 10.2. The second kappa shape index (κ2) is 6.94. The highest BCUT2D eigenvalue weighted by Crippen LogP contribution is 2.29. The first-order chi connectivity index (χ1) is 11.4. The first kappa shape index (κ1) is 17.0. The van der Waals surface area contributed by atoms with Gasteiger partial charge in [0.05, 0.1) is 23.4 Å². The SMILES string of the molecule is CC(C)(C)OC(=O)NCc1ccc2sc(N3CCOCC3)nc2c1. The van der Waals surface area contributed by atoms with E-state index in [-0.39, 0.29) is 0 Å². The minimum absolute atomic E-state index is 0.408. The molecule has 1 aliphatic heterocycles. The number of amides is 1. The van der Waals surface area contributed by atoms with E-state index in [1.165, 1.54) is 0 Å². The Morgan fingerprint density at radius 2 is 2.12 bits per heavy atom. The van der Waals surface area contributed by atoms with Crippen LogP contribution in [-0.4, -0.2) is 43.0 Å². The van der Waals surface area contributed by atoms with Crippen LogP contribution in [0.25, 0.3) is 10.2 Å². The predicted molar refractivity (Wildman–Crippen MR) is 95.7 cm³/mol. The highest BCUT2D eigenvalue weighted by molar-refractivity contribution is 7.22. The zero-order chi connectivity index (χ0) is 17.2. The van der Waals surface area contributed by atoms with Crippen molar-refractivity contribution in [3.63, 3.8) is 0 Å². The summed E-state index contributed by atoms with van der Waals surface area (Å²) in [6, 6.07) is 6.09. The maximum absolute atomic E-state index is 11.7. The maximum atomic E-state index is 11.7. The molecule has 24 heavy (non-hydrogen) atoms. The van der Waals surface area contributed by atoms with Crippen LogP contribution in [0.4, 0.5) is 9.93 Å². The Bertz CT molecular complexity index is 717. The van der Waals surface area contributed by atoms with Gasteiger partial charge in [0.25, 0.3) is 0 Å². The van der Waals surface area contributed by atoms with Gasteiger partial charge in [-0.1, -0.05) is 17.4 Å². The molecular formula is C17H23N3O3S. The number of rotatable bonds is 3. The van der Waals surface area contributed by atoms with E-state index in [9.17, 15) is 4.79 Å². The third-order valence-corrected chi connectivity index (χ3v) is 4.66. The van der Waals surface area contributed by atoms with E-state index >= 15 is 0 Å². The average Bonchev–Trinajstić information content (AvgIpc) is 2.95. The van der Waals surface area contributed by atoms with Crippen LogP contribution in [0.5, 0.6) is 0 Å². The third-order valence-electron chi connectivity index (χ3n) is 3.56. The lowest BCUT2D eigenvalue weighted by molar-refractivity contribution is 0.0523. The van der Waals surface area contributed by atoms with Crippen LogP contribution < -0.4 is 10.2 Å². The van der Waals surface area contributed by atoms with Gasteiger partial charge in [-0.25, -0.2) is 9.78 Å². The van der Waals surface area contributed by atoms with E-state index in [4.69, 9.17) is 14.5 Å². The summed E-state index contributed by atoms with van der Waals surface area (Å²) in [6.07, 6.45) is -0.408. The molecular weight excluding hydrogens is 326 g/mol. The predicted octanol–water partition coefficient (Wildman–Crippen LogP) is 3.16. The summed E-state index contributed by atoms with van der Waals surface area (Å²) >= 11 is 1.69. The summed E-state index contributed by atoms with van der Waals surface area (Å²) in [5.74, 6) is 0. The van der Waals surface area contributed by atoms with Crippen molar-refractivity contribution in [1.82, 2.24) is 10.3 Å². The number of aromatic nitrogens is 1. The molecule has 130 valence electrons. The summed E-state index contributed by atoms with van der Waals surface area (Å²) in [6.45, 7) is 9.24. The van der Waals surface area contributed by atoms with Gasteiger partial charge in [-0.15, -0.1) is 0 Å². The van der Waals surface area contributed by atoms with Gasteiger partial charge < -0.3 is 19.7 Å². The van der Waals surface area contributed by atoms with Gasteiger partial charge in [0, 0.05) is 19.6 Å². The fraction of sp³-hybridized carbons (Fsp3) is 0.529. The summed E-state index contributed by atoms with van der Waals surface area (Å²) in [4.78, 5) is 18.7. The number of ether oxygens (including phenoxy) is 2. The highest BCUT2D eigenvalue weighted by Gasteiger charge is 2.17. The molecule has 1 fully saturated rings. The molecule has 0 saturated carbocycles. The first-order valence-corrected chi connectivity index (χ1v) is 8.91. The van der Waals surface area contributed by atoms with Crippen molar-refractivity contribution < 1.29 is 14.3 Å². The summed E-state index contributed by atoms with van der Waals surface area (Å²) in [5.41, 5.74) is 1.48. The van der Waals surface area contributed by atoms with Gasteiger partial charge >= 0.3 is 6.09 Å². The third kappa shape index (κ3) is 4.36. The number of carbonyl (C=O) groups is 1. The summed E-state index contributed by atoms with van der Waals surface area (Å²) < 4.78 is 11.8. The summed E-state index contributed by atoms with van der Waals surface area (Å²) in [7, 11) is 0. The largest absolute Gasteiger partial charge is 0.444 e. The average molecular weight is 349 g/mol. The number of alkyl carbamates (subject to hydrolysis) is 1. The Balaban J connectivity index is 1.66. The topological polar surface area (TPSA) is 63.7 Å². The zero-order valence-corrected chi connectivity index (χ0v) is 15.1. The highest BCUT2D eigenvalue weighted by atomic mass is 32.1. The van der Waals surface area contributed by atoms with Crippen molar-refractivity contribution in [2.24, 2.45) is 0 Å². The number of hydrogen-bond donors (Lipinski definition) is 1. The second-order valence-corrected chi connectivity index (χ2v) is 7.76. The molecule has 0 spiro atoms. The Labute approximate surface area is 145 Å². The van der Waals surface area contributed by atoms with Crippen LogP contribution in [0, 0.1) is 0 Å². The van der Waals surface area contributed by atoms with Gasteiger partial charge in [0.1, 0.15) is 5.60 Å². The second-order valence-electron chi connectivity index (χ2n) is 6.75. The Morgan fingerprint density at radius 1 is 1.38 bits per heavy atom. The number of benzene rings is 1. The fourth-order valence-electron chi connectivity index (χ4n) is 2.45. The zero-order valence-electron chi connectivity index (χ0n) is 14.3. The van der Waals surface area contributed by atoms with Gasteiger partial charge in [-0.2, -0.15) is 0 Å². The molecule has 1 aromatic carbocycles. The van der Waals surface area contributed by atoms with Crippen LogP contribution >= 0.6 is 11.3 Å². The van der Waals surface area contributed by atoms with Gasteiger partial charge in [-0.3, -0.25) is 0 Å². The minimum atomic E-state index is -0.490. The molecule has 1 amide bonds. The van der Waals surface area contributed by atoms with Crippen molar-refractivity contribution in [2.75, 3.05) is 31.2 Å². The maximum Gasteiger partial charge on any atom is 0.407 e. The molecule has 1 aliphatic rings. The van der Waals surface area contributed by atoms with E-state index in [1.54, 1.807) is 11.3 Å². The standard InChI is InChI=1S/C17H23N3O3S/c1-17(2,3)23-16(21)18-11-12-4-5-14-13(10-12)19-15(24-14)20-6-8-22-9-7-20/h4-5,10H,6-9,11H2,1-3H3,(H,18,21). The number of fused-ring (bicyclic) bond motifs is 1. The van der Waals surface area contributed by atoms with E-state index in [2.05, 4.69) is 16.3 Å². The van der Waals surface area contributed by atoms with Crippen LogP contribution in [0.15, 0.2) is 18.2 Å². The van der Waals surface area contributed by atoms with Crippen LogP contribution in [0.1, 0.15) is 26.3 Å². The van der Waals surface area contributed by atoms with E-state index in [0.717, 1.165) is 47.2 Å². The molecule has 3 rings (SSSR count). The summed E-state index contributed by atoms with van der Waals surface area (Å²) in [5, 5.41) is 3.81. The monoisotopic (exact) mass is 349 g/mol. The van der Waals surface area contributed by atoms with Gasteiger partial charge in [0.2, 0.25) is 0 Å². The van der Waals surface area contributed by atoms with Crippen molar-refractivity contribution >= 4 is 32.8 Å². The van der Waals surface area contributed by atoms with Gasteiger partial charge in [0.15, 0.2) is 5.13 Å². The van der Waals surface area contributed by atoms with Gasteiger partial charge in [-0.05, 0) is 38.5 Å². The molecule has 1 N–H and O–H groups in total. The Morgan fingerprint density at radius 3 is 2.83 bits per heavy atom. The number of nitrogens with one attached hydrogen (secondary N) is 1. The lowest BCUT2D eigenvalue weighted by Crippen LogP contribution is -2.36. The quantitative estimate of drug-likeness (QED) is 0.922. The Kier molecular flexibility index (Phi) is 4.91. The van der Waals surface area contributed by atoms with Crippen molar-refractivity contribution in [2.45, 2.75) is 32.9 Å².